The minimum atomic E-state index is 0.428. The van der Waals surface area contributed by atoms with Crippen molar-refractivity contribution in [1.82, 2.24) is 5.32 Å². The van der Waals surface area contributed by atoms with Crippen molar-refractivity contribution >= 4 is 0 Å². The number of rotatable bonds is 3. The van der Waals surface area contributed by atoms with Gasteiger partial charge in [-0.25, -0.2) is 0 Å². The van der Waals surface area contributed by atoms with Gasteiger partial charge in [0.15, 0.2) is 0 Å². The first kappa shape index (κ1) is 9.79. The topological polar surface area (TPSA) is 12.0 Å². The minimum Gasteiger partial charge on any atom is -0.308 e. The second kappa shape index (κ2) is 4.66. The summed E-state index contributed by atoms with van der Waals surface area (Å²) in [5.41, 5.74) is 0.428. The molecule has 12 heavy (non-hydrogen) atoms. The molecule has 0 heterocycles. The monoisotopic (exact) mass is 167 g/mol. The second-order valence-electron chi connectivity index (χ2n) is 4.07. The Kier molecular flexibility index (Phi) is 3.80. The van der Waals surface area contributed by atoms with Crippen LogP contribution in [0.3, 0.4) is 0 Å². The zero-order chi connectivity index (χ0) is 8.86. The summed E-state index contributed by atoms with van der Waals surface area (Å²) in [6, 6.07) is 0. The average Bonchev–Trinajstić information content (AvgIpc) is 2.06. The second-order valence-corrected chi connectivity index (χ2v) is 4.07. The van der Waals surface area contributed by atoms with Crippen LogP contribution in [0.4, 0.5) is 0 Å². The molecule has 1 rings (SSSR count). The first-order valence-corrected chi connectivity index (χ1v) is 5.13. The Hall–Kier alpha value is -0.300. The van der Waals surface area contributed by atoms with Gasteiger partial charge in [0.25, 0.3) is 0 Å². The van der Waals surface area contributed by atoms with Crippen LogP contribution in [-0.2, 0) is 0 Å². The van der Waals surface area contributed by atoms with Gasteiger partial charge in [0, 0.05) is 12.1 Å². The summed E-state index contributed by atoms with van der Waals surface area (Å²) in [6.45, 7) is 5.47. The van der Waals surface area contributed by atoms with Crippen LogP contribution in [0.5, 0.6) is 0 Å². The first-order chi connectivity index (χ1) is 5.77. The molecule has 0 radical (unpaired) electrons. The molecule has 1 N–H and O–H groups in total. The van der Waals surface area contributed by atoms with Crippen LogP contribution in [0.15, 0.2) is 12.2 Å². The standard InChI is InChI=1S/C11H21N/c1-3-4-10-12-11(2)8-6-5-7-9-11/h3-4,12H,5-10H2,1-2H3/b4-3+. The van der Waals surface area contributed by atoms with Crippen LogP contribution in [0.1, 0.15) is 46.0 Å². The maximum Gasteiger partial charge on any atom is 0.0156 e. The molecule has 0 spiro atoms. The fourth-order valence-electron chi connectivity index (χ4n) is 1.93. The van der Waals surface area contributed by atoms with Gasteiger partial charge in [-0.2, -0.15) is 0 Å². The Morgan fingerprint density at radius 3 is 2.50 bits per heavy atom. The Morgan fingerprint density at radius 1 is 1.25 bits per heavy atom. The Morgan fingerprint density at radius 2 is 1.92 bits per heavy atom. The van der Waals surface area contributed by atoms with E-state index in [0.717, 1.165) is 6.54 Å². The zero-order valence-electron chi connectivity index (χ0n) is 8.40. The third kappa shape index (κ3) is 2.98. The van der Waals surface area contributed by atoms with E-state index in [4.69, 9.17) is 0 Å². The predicted molar refractivity (Wildman–Crippen MR) is 54.3 cm³/mol. The molecule has 0 saturated heterocycles. The van der Waals surface area contributed by atoms with E-state index in [0.29, 0.717) is 5.54 Å². The fraction of sp³-hybridized carbons (Fsp3) is 0.818. The summed E-state index contributed by atoms with van der Waals surface area (Å²) in [5.74, 6) is 0. The van der Waals surface area contributed by atoms with Crippen LogP contribution in [0.2, 0.25) is 0 Å². The van der Waals surface area contributed by atoms with Crippen LogP contribution in [0.25, 0.3) is 0 Å². The highest BCUT2D eigenvalue weighted by atomic mass is 15.0. The van der Waals surface area contributed by atoms with E-state index < -0.39 is 0 Å². The molecule has 1 heteroatoms. The van der Waals surface area contributed by atoms with Gasteiger partial charge in [-0.05, 0) is 26.7 Å². The highest BCUT2D eigenvalue weighted by Gasteiger charge is 2.24. The zero-order valence-corrected chi connectivity index (χ0v) is 8.40. The van der Waals surface area contributed by atoms with E-state index in [-0.39, 0.29) is 0 Å². The molecule has 0 amide bonds. The van der Waals surface area contributed by atoms with Crippen LogP contribution >= 0.6 is 0 Å². The molecule has 0 aromatic carbocycles. The van der Waals surface area contributed by atoms with E-state index in [1.807, 2.05) is 0 Å². The summed E-state index contributed by atoms with van der Waals surface area (Å²) in [5, 5.41) is 3.61. The lowest BCUT2D eigenvalue weighted by Gasteiger charge is -2.34. The lowest BCUT2D eigenvalue weighted by atomic mass is 9.83. The molecule has 0 atom stereocenters. The molecule has 1 saturated carbocycles. The maximum atomic E-state index is 3.61. The molecule has 1 aliphatic rings. The average molecular weight is 167 g/mol. The SMILES string of the molecule is C/C=C/CNC1(C)CCCCC1. The van der Waals surface area contributed by atoms with Crippen molar-refractivity contribution in [2.75, 3.05) is 6.54 Å². The van der Waals surface area contributed by atoms with E-state index in [2.05, 4.69) is 31.3 Å². The number of hydrogen-bond acceptors (Lipinski definition) is 1. The Balaban J connectivity index is 2.26. The molecular weight excluding hydrogens is 146 g/mol. The summed E-state index contributed by atoms with van der Waals surface area (Å²) in [7, 11) is 0. The molecule has 1 fully saturated rings. The van der Waals surface area contributed by atoms with Crippen LogP contribution in [-0.4, -0.2) is 12.1 Å². The van der Waals surface area contributed by atoms with Gasteiger partial charge in [-0.15, -0.1) is 0 Å². The highest BCUT2D eigenvalue weighted by Crippen LogP contribution is 2.27. The molecule has 0 unspecified atom stereocenters. The normalized spacial score (nSPS) is 23.2. The molecule has 70 valence electrons. The van der Waals surface area contributed by atoms with Crippen LogP contribution in [0, 0.1) is 0 Å². The molecule has 0 aromatic heterocycles. The van der Waals surface area contributed by atoms with Gasteiger partial charge in [-0.1, -0.05) is 31.4 Å². The van der Waals surface area contributed by atoms with Gasteiger partial charge in [0.1, 0.15) is 0 Å². The van der Waals surface area contributed by atoms with Crippen molar-refractivity contribution < 1.29 is 0 Å². The van der Waals surface area contributed by atoms with Crippen molar-refractivity contribution in [3.63, 3.8) is 0 Å². The van der Waals surface area contributed by atoms with Gasteiger partial charge >= 0.3 is 0 Å². The predicted octanol–water partition coefficient (Wildman–Crippen LogP) is 2.87. The molecule has 1 aliphatic carbocycles. The summed E-state index contributed by atoms with van der Waals surface area (Å²) >= 11 is 0. The number of allylic oxidation sites excluding steroid dienone is 1. The van der Waals surface area contributed by atoms with Gasteiger partial charge in [-0.3, -0.25) is 0 Å². The largest absolute Gasteiger partial charge is 0.308 e. The summed E-state index contributed by atoms with van der Waals surface area (Å²) in [4.78, 5) is 0. The van der Waals surface area contributed by atoms with Crippen molar-refractivity contribution in [1.29, 1.82) is 0 Å². The minimum absolute atomic E-state index is 0.428. The van der Waals surface area contributed by atoms with E-state index >= 15 is 0 Å². The van der Waals surface area contributed by atoms with E-state index in [1.165, 1.54) is 32.1 Å². The lowest BCUT2D eigenvalue weighted by Crippen LogP contribution is -2.43. The van der Waals surface area contributed by atoms with Gasteiger partial charge < -0.3 is 5.32 Å². The van der Waals surface area contributed by atoms with Crippen molar-refractivity contribution in [3.8, 4) is 0 Å². The van der Waals surface area contributed by atoms with E-state index in [1.54, 1.807) is 0 Å². The molecule has 1 nitrogen and oxygen atoms in total. The smallest absolute Gasteiger partial charge is 0.0156 e. The van der Waals surface area contributed by atoms with Crippen LogP contribution < -0.4 is 5.32 Å². The van der Waals surface area contributed by atoms with E-state index in [9.17, 15) is 0 Å². The number of nitrogens with one attached hydrogen (secondary N) is 1. The Labute approximate surface area is 76.2 Å². The lowest BCUT2D eigenvalue weighted by molar-refractivity contribution is 0.263. The quantitative estimate of drug-likeness (QED) is 0.637. The van der Waals surface area contributed by atoms with Crippen molar-refractivity contribution in [3.05, 3.63) is 12.2 Å². The van der Waals surface area contributed by atoms with Gasteiger partial charge in [0.05, 0.1) is 0 Å². The Bertz CT molecular complexity index is 143. The third-order valence-corrected chi connectivity index (χ3v) is 2.84. The maximum absolute atomic E-state index is 3.61. The first-order valence-electron chi connectivity index (χ1n) is 5.13. The fourth-order valence-corrected chi connectivity index (χ4v) is 1.93. The molecular formula is C11H21N. The molecule has 0 aliphatic heterocycles. The summed E-state index contributed by atoms with van der Waals surface area (Å²) < 4.78 is 0. The molecule has 0 aromatic rings. The highest BCUT2D eigenvalue weighted by molar-refractivity contribution is 4.90. The van der Waals surface area contributed by atoms with Gasteiger partial charge in [0.2, 0.25) is 0 Å². The number of hydrogen-bond donors (Lipinski definition) is 1. The summed E-state index contributed by atoms with van der Waals surface area (Å²) in [6.07, 6.45) is 11.2. The third-order valence-electron chi connectivity index (χ3n) is 2.84. The molecule has 0 bridgehead atoms. The van der Waals surface area contributed by atoms with Crippen molar-refractivity contribution in [2.45, 2.75) is 51.5 Å². The van der Waals surface area contributed by atoms with Crippen molar-refractivity contribution in [2.24, 2.45) is 0 Å².